The third-order valence-electron chi connectivity index (χ3n) is 2.94. The number of aromatic nitrogens is 1. The van der Waals surface area contributed by atoms with Gasteiger partial charge >= 0.3 is 0 Å². The van der Waals surface area contributed by atoms with Crippen molar-refractivity contribution >= 4 is 5.91 Å². The average Bonchev–Trinajstić information content (AvgIpc) is 2.45. The van der Waals surface area contributed by atoms with Crippen molar-refractivity contribution in [2.24, 2.45) is 0 Å². The van der Waals surface area contributed by atoms with E-state index < -0.39 is 12.0 Å². The average molecular weight is 272 g/mol. The second-order valence-corrected chi connectivity index (χ2v) is 4.53. The summed E-state index contributed by atoms with van der Waals surface area (Å²) in [5.74, 6) is -0.499. The van der Waals surface area contributed by atoms with Crippen LogP contribution in [0.25, 0.3) is 0 Å². The largest absolute Gasteiger partial charge is 0.387 e. The van der Waals surface area contributed by atoms with Crippen molar-refractivity contribution in [2.75, 3.05) is 6.54 Å². The third kappa shape index (κ3) is 3.33. The number of carbonyl (C=O) groups is 1. The predicted octanol–water partition coefficient (Wildman–Crippen LogP) is 1.15. The molecule has 0 fully saturated rings. The number of pyridine rings is 1. The highest BCUT2D eigenvalue weighted by atomic mass is 16.3. The number of amides is 1. The molecule has 5 heteroatoms. The molecule has 1 amide bonds. The van der Waals surface area contributed by atoms with Crippen LogP contribution in [-0.2, 0) is 0 Å². The van der Waals surface area contributed by atoms with Crippen molar-refractivity contribution < 1.29 is 9.90 Å². The molecule has 0 aliphatic heterocycles. The van der Waals surface area contributed by atoms with Gasteiger partial charge in [0.1, 0.15) is 5.56 Å². The number of aliphatic hydroxyl groups is 1. The maximum Gasteiger partial charge on any atom is 0.256 e. The van der Waals surface area contributed by atoms with Gasteiger partial charge in [-0.25, -0.2) is 0 Å². The number of aryl methyl sites for hydroxylation is 1. The van der Waals surface area contributed by atoms with Crippen LogP contribution in [0.3, 0.4) is 0 Å². The Morgan fingerprint density at radius 2 is 2.05 bits per heavy atom. The number of aliphatic hydroxyl groups excluding tert-OH is 1. The van der Waals surface area contributed by atoms with Crippen molar-refractivity contribution in [1.82, 2.24) is 10.3 Å². The van der Waals surface area contributed by atoms with Gasteiger partial charge < -0.3 is 15.4 Å². The van der Waals surface area contributed by atoms with Crippen LogP contribution >= 0.6 is 0 Å². The lowest BCUT2D eigenvalue weighted by Crippen LogP contribution is -2.32. The molecule has 1 atom stereocenters. The van der Waals surface area contributed by atoms with Gasteiger partial charge in [0.15, 0.2) is 5.43 Å². The molecule has 0 bridgehead atoms. The Hall–Kier alpha value is -2.40. The SMILES string of the molecule is Cc1cc(=O)c(C(=O)NCC(O)c2ccccc2)c[nH]1. The zero-order valence-electron chi connectivity index (χ0n) is 11.1. The first-order valence-corrected chi connectivity index (χ1v) is 6.28. The molecule has 2 aromatic rings. The molecule has 0 saturated carbocycles. The fourth-order valence-corrected chi connectivity index (χ4v) is 1.83. The van der Waals surface area contributed by atoms with E-state index >= 15 is 0 Å². The highest BCUT2D eigenvalue weighted by Crippen LogP contribution is 2.10. The van der Waals surface area contributed by atoms with Gasteiger partial charge in [-0.2, -0.15) is 0 Å². The van der Waals surface area contributed by atoms with E-state index in [0.717, 1.165) is 0 Å². The summed E-state index contributed by atoms with van der Waals surface area (Å²) in [6.07, 6.45) is 0.576. The molecule has 5 nitrogen and oxygen atoms in total. The molecule has 0 radical (unpaired) electrons. The summed E-state index contributed by atoms with van der Waals surface area (Å²) in [4.78, 5) is 26.3. The second-order valence-electron chi connectivity index (χ2n) is 4.53. The molecule has 104 valence electrons. The van der Waals surface area contributed by atoms with E-state index in [0.29, 0.717) is 11.3 Å². The molecule has 2 rings (SSSR count). The topological polar surface area (TPSA) is 82.2 Å². The first-order valence-electron chi connectivity index (χ1n) is 6.28. The second kappa shape index (κ2) is 6.16. The lowest BCUT2D eigenvalue weighted by atomic mass is 10.1. The molecule has 1 unspecified atom stereocenters. The first-order chi connectivity index (χ1) is 9.58. The number of carbonyl (C=O) groups excluding carboxylic acids is 1. The van der Waals surface area contributed by atoms with E-state index in [4.69, 9.17) is 0 Å². The van der Waals surface area contributed by atoms with Gasteiger partial charge in [0.25, 0.3) is 5.91 Å². The Balaban J connectivity index is 2.00. The monoisotopic (exact) mass is 272 g/mol. The van der Waals surface area contributed by atoms with Gasteiger partial charge in [-0.3, -0.25) is 9.59 Å². The van der Waals surface area contributed by atoms with E-state index in [9.17, 15) is 14.7 Å². The molecule has 0 saturated heterocycles. The molecule has 0 aliphatic rings. The van der Waals surface area contributed by atoms with E-state index in [2.05, 4.69) is 10.3 Å². The zero-order valence-corrected chi connectivity index (χ0v) is 11.1. The minimum absolute atomic E-state index is 0.0378. The van der Waals surface area contributed by atoms with Crippen LogP contribution in [0.2, 0.25) is 0 Å². The maximum absolute atomic E-state index is 11.9. The van der Waals surface area contributed by atoms with Gasteiger partial charge in [-0.15, -0.1) is 0 Å². The zero-order chi connectivity index (χ0) is 14.5. The maximum atomic E-state index is 11.9. The van der Waals surface area contributed by atoms with Gasteiger partial charge in [0, 0.05) is 24.5 Å². The minimum Gasteiger partial charge on any atom is -0.387 e. The van der Waals surface area contributed by atoms with E-state index in [-0.39, 0.29) is 17.5 Å². The third-order valence-corrected chi connectivity index (χ3v) is 2.94. The Morgan fingerprint density at radius 1 is 1.35 bits per heavy atom. The number of aromatic amines is 1. The van der Waals surface area contributed by atoms with Crippen LogP contribution in [0.1, 0.15) is 27.7 Å². The molecule has 3 N–H and O–H groups in total. The molecule has 1 heterocycles. The fourth-order valence-electron chi connectivity index (χ4n) is 1.83. The molecule has 1 aromatic carbocycles. The number of hydrogen-bond donors (Lipinski definition) is 3. The number of hydrogen-bond acceptors (Lipinski definition) is 3. The van der Waals surface area contributed by atoms with E-state index in [1.54, 1.807) is 19.1 Å². The quantitative estimate of drug-likeness (QED) is 0.780. The summed E-state index contributed by atoms with van der Waals surface area (Å²) >= 11 is 0. The van der Waals surface area contributed by atoms with Crippen LogP contribution in [0.5, 0.6) is 0 Å². The van der Waals surface area contributed by atoms with Crippen LogP contribution in [0, 0.1) is 6.92 Å². The van der Waals surface area contributed by atoms with Crippen molar-refractivity contribution in [3.05, 3.63) is 69.6 Å². The number of nitrogens with one attached hydrogen (secondary N) is 2. The lowest BCUT2D eigenvalue weighted by Gasteiger charge is -2.12. The van der Waals surface area contributed by atoms with Crippen LogP contribution in [-0.4, -0.2) is 22.5 Å². The molecule has 0 aliphatic carbocycles. The molecular weight excluding hydrogens is 256 g/mol. The number of benzene rings is 1. The van der Waals surface area contributed by atoms with Crippen LogP contribution in [0.4, 0.5) is 0 Å². The summed E-state index contributed by atoms with van der Waals surface area (Å²) in [7, 11) is 0. The number of rotatable bonds is 4. The lowest BCUT2D eigenvalue weighted by molar-refractivity contribution is 0.0915. The predicted molar refractivity (Wildman–Crippen MR) is 75.5 cm³/mol. The van der Waals surface area contributed by atoms with Gasteiger partial charge in [0.2, 0.25) is 0 Å². The van der Waals surface area contributed by atoms with Crippen molar-refractivity contribution in [3.63, 3.8) is 0 Å². The van der Waals surface area contributed by atoms with Crippen molar-refractivity contribution in [3.8, 4) is 0 Å². The molecule has 20 heavy (non-hydrogen) atoms. The fraction of sp³-hybridized carbons (Fsp3) is 0.200. The molecular formula is C15H16N2O3. The first kappa shape index (κ1) is 14.0. The van der Waals surface area contributed by atoms with Crippen LogP contribution in [0.15, 0.2) is 47.4 Å². The van der Waals surface area contributed by atoms with Gasteiger partial charge in [-0.05, 0) is 12.5 Å². The Kier molecular flexibility index (Phi) is 4.32. The minimum atomic E-state index is -0.801. The van der Waals surface area contributed by atoms with Gasteiger partial charge in [-0.1, -0.05) is 30.3 Å². The summed E-state index contributed by atoms with van der Waals surface area (Å²) in [5.41, 5.74) is 1.10. The summed E-state index contributed by atoms with van der Waals surface area (Å²) in [6.45, 7) is 1.79. The standard InChI is InChI=1S/C15H16N2O3/c1-10-7-13(18)12(8-16-10)15(20)17-9-14(19)11-5-3-2-4-6-11/h2-8,14,19H,9H2,1H3,(H,16,18)(H,17,20). The molecule has 1 aromatic heterocycles. The van der Waals surface area contributed by atoms with Crippen LogP contribution < -0.4 is 10.7 Å². The molecule has 0 spiro atoms. The highest BCUT2D eigenvalue weighted by molar-refractivity contribution is 5.93. The summed E-state index contributed by atoms with van der Waals surface area (Å²) in [6, 6.07) is 10.4. The number of H-pyrrole nitrogens is 1. The summed E-state index contributed by atoms with van der Waals surface area (Å²) < 4.78 is 0. The Bertz CT molecular complexity index is 650. The van der Waals surface area contributed by atoms with E-state index in [1.165, 1.54) is 12.3 Å². The van der Waals surface area contributed by atoms with Gasteiger partial charge in [0.05, 0.1) is 6.10 Å². The van der Waals surface area contributed by atoms with Crippen molar-refractivity contribution in [1.29, 1.82) is 0 Å². The normalized spacial score (nSPS) is 11.9. The Morgan fingerprint density at radius 3 is 2.70 bits per heavy atom. The highest BCUT2D eigenvalue weighted by Gasteiger charge is 2.13. The van der Waals surface area contributed by atoms with Crippen molar-refractivity contribution in [2.45, 2.75) is 13.0 Å². The van der Waals surface area contributed by atoms with E-state index in [1.807, 2.05) is 18.2 Å². The Labute approximate surface area is 116 Å². The smallest absolute Gasteiger partial charge is 0.256 e. The summed E-state index contributed by atoms with van der Waals surface area (Å²) in [5, 5.41) is 12.5.